The number of methoxy groups -OCH3 is 1. The lowest BCUT2D eigenvalue weighted by Crippen LogP contribution is -2.44. The van der Waals surface area contributed by atoms with Gasteiger partial charge in [0.25, 0.3) is 5.56 Å². The number of rotatable bonds is 11. The summed E-state index contributed by atoms with van der Waals surface area (Å²) in [7, 11) is 1.58. The zero-order valence-corrected chi connectivity index (χ0v) is 20.8. The van der Waals surface area contributed by atoms with E-state index in [0.29, 0.717) is 36.6 Å². The minimum absolute atomic E-state index is 0.0330. The summed E-state index contributed by atoms with van der Waals surface area (Å²) in [4.78, 5) is 30.8. The standard InChI is InChI=1S/C25H36N4O5/c1-6-7-12-28-22-21(27(17-26-22)13-14-33-5)23(31)29(24(28)32)15-19(30)16-34-20-10-8-18(9-11-20)25(2,3)4/h8-11,17,19,30H,6-7,12-16H2,1-5H3. The number of aryl methyl sites for hydroxylation is 1. The average molecular weight is 473 g/mol. The van der Waals surface area contributed by atoms with E-state index in [9.17, 15) is 14.7 Å². The summed E-state index contributed by atoms with van der Waals surface area (Å²) in [6.45, 7) is 9.51. The van der Waals surface area contributed by atoms with E-state index in [2.05, 4.69) is 25.8 Å². The number of aliphatic hydroxyl groups is 1. The molecule has 1 aromatic carbocycles. The quantitative estimate of drug-likeness (QED) is 0.460. The second kappa shape index (κ2) is 11.0. The number of ether oxygens (including phenoxy) is 2. The first-order chi connectivity index (χ1) is 16.2. The third-order valence-corrected chi connectivity index (χ3v) is 5.81. The molecular formula is C25H36N4O5. The molecule has 1 unspecified atom stereocenters. The van der Waals surface area contributed by atoms with Gasteiger partial charge in [0.1, 0.15) is 18.5 Å². The van der Waals surface area contributed by atoms with Crippen LogP contribution >= 0.6 is 0 Å². The number of aromatic nitrogens is 4. The predicted molar refractivity (Wildman–Crippen MR) is 132 cm³/mol. The molecule has 0 bridgehead atoms. The molecule has 1 atom stereocenters. The molecule has 34 heavy (non-hydrogen) atoms. The van der Waals surface area contributed by atoms with Crippen LogP contribution in [0.15, 0.2) is 40.2 Å². The molecule has 0 saturated carbocycles. The van der Waals surface area contributed by atoms with Crippen molar-refractivity contribution in [1.29, 1.82) is 0 Å². The molecule has 0 aliphatic carbocycles. The normalized spacial score (nSPS) is 12.9. The van der Waals surface area contributed by atoms with Gasteiger partial charge in [0.2, 0.25) is 0 Å². The van der Waals surface area contributed by atoms with Crippen LogP contribution in [0.4, 0.5) is 0 Å². The Hall–Kier alpha value is -2.91. The summed E-state index contributed by atoms with van der Waals surface area (Å²) in [5, 5.41) is 10.6. The maximum absolute atomic E-state index is 13.3. The first-order valence-electron chi connectivity index (χ1n) is 11.8. The van der Waals surface area contributed by atoms with Crippen LogP contribution in [-0.2, 0) is 29.8 Å². The van der Waals surface area contributed by atoms with E-state index in [1.54, 1.807) is 18.0 Å². The number of unbranched alkanes of at least 4 members (excludes halogenated alkanes) is 1. The van der Waals surface area contributed by atoms with Gasteiger partial charge >= 0.3 is 5.69 Å². The van der Waals surface area contributed by atoms with Crippen molar-refractivity contribution in [2.75, 3.05) is 20.3 Å². The van der Waals surface area contributed by atoms with Crippen molar-refractivity contribution in [2.45, 2.75) is 71.7 Å². The minimum Gasteiger partial charge on any atom is -0.491 e. The van der Waals surface area contributed by atoms with Gasteiger partial charge in [-0.15, -0.1) is 0 Å². The Morgan fingerprint density at radius 1 is 1.09 bits per heavy atom. The molecule has 0 aliphatic heterocycles. The highest BCUT2D eigenvalue weighted by Gasteiger charge is 2.20. The lowest BCUT2D eigenvalue weighted by molar-refractivity contribution is 0.0901. The van der Waals surface area contributed by atoms with Crippen LogP contribution in [0, 0.1) is 0 Å². The van der Waals surface area contributed by atoms with Crippen LogP contribution in [0.25, 0.3) is 11.2 Å². The van der Waals surface area contributed by atoms with Crippen LogP contribution in [0.3, 0.4) is 0 Å². The Kier molecular flexibility index (Phi) is 8.33. The summed E-state index contributed by atoms with van der Waals surface area (Å²) in [5.41, 5.74) is 0.953. The zero-order valence-electron chi connectivity index (χ0n) is 20.8. The van der Waals surface area contributed by atoms with Gasteiger partial charge in [-0.1, -0.05) is 46.2 Å². The number of nitrogens with zero attached hydrogens (tertiary/aromatic N) is 4. The van der Waals surface area contributed by atoms with E-state index in [4.69, 9.17) is 9.47 Å². The Bertz CT molecular complexity index is 1200. The van der Waals surface area contributed by atoms with Crippen molar-refractivity contribution in [2.24, 2.45) is 0 Å². The van der Waals surface area contributed by atoms with Gasteiger partial charge in [-0.05, 0) is 29.5 Å². The summed E-state index contributed by atoms with van der Waals surface area (Å²) in [6.07, 6.45) is 2.18. The number of hydrogen-bond donors (Lipinski definition) is 1. The monoisotopic (exact) mass is 472 g/mol. The Labute approximate surface area is 199 Å². The Balaban J connectivity index is 1.84. The van der Waals surface area contributed by atoms with Crippen LogP contribution in [0.1, 0.15) is 46.1 Å². The SMILES string of the molecule is CCCCn1c(=O)n(CC(O)COc2ccc(C(C)(C)C)cc2)c(=O)c2c1ncn2CCOC. The molecule has 0 radical (unpaired) electrons. The van der Waals surface area contributed by atoms with Gasteiger partial charge in [0, 0.05) is 20.2 Å². The van der Waals surface area contributed by atoms with Gasteiger partial charge in [0.15, 0.2) is 11.2 Å². The number of aliphatic hydroxyl groups excluding tert-OH is 1. The Morgan fingerprint density at radius 2 is 1.79 bits per heavy atom. The predicted octanol–water partition coefficient (Wildman–Crippen LogP) is 2.54. The highest BCUT2D eigenvalue weighted by Crippen LogP contribution is 2.24. The highest BCUT2D eigenvalue weighted by molar-refractivity contribution is 5.70. The van der Waals surface area contributed by atoms with E-state index in [1.807, 2.05) is 31.2 Å². The van der Waals surface area contributed by atoms with Crippen LogP contribution < -0.4 is 16.0 Å². The maximum atomic E-state index is 13.3. The fourth-order valence-corrected chi connectivity index (χ4v) is 3.78. The molecule has 2 aromatic heterocycles. The molecule has 3 aromatic rings. The number of imidazole rings is 1. The van der Waals surface area contributed by atoms with Crippen molar-refractivity contribution in [3.63, 3.8) is 0 Å². The highest BCUT2D eigenvalue weighted by atomic mass is 16.5. The number of hydrogen-bond acceptors (Lipinski definition) is 6. The third-order valence-electron chi connectivity index (χ3n) is 5.81. The fraction of sp³-hybridized carbons (Fsp3) is 0.560. The van der Waals surface area contributed by atoms with Crippen LogP contribution in [-0.4, -0.2) is 50.2 Å². The number of fused-ring (bicyclic) bond motifs is 1. The summed E-state index contributed by atoms with van der Waals surface area (Å²) >= 11 is 0. The lowest BCUT2D eigenvalue weighted by Gasteiger charge is -2.19. The van der Waals surface area contributed by atoms with E-state index in [0.717, 1.165) is 17.4 Å². The first-order valence-corrected chi connectivity index (χ1v) is 11.8. The van der Waals surface area contributed by atoms with Gasteiger partial charge < -0.3 is 19.1 Å². The van der Waals surface area contributed by atoms with E-state index in [-0.39, 0.29) is 18.6 Å². The molecule has 0 spiro atoms. The molecule has 2 heterocycles. The molecule has 1 N–H and O–H groups in total. The van der Waals surface area contributed by atoms with Gasteiger partial charge in [-0.25, -0.2) is 9.78 Å². The maximum Gasteiger partial charge on any atom is 0.332 e. The van der Waals surface area contributed by atoms with E-state index < -0.39 is 17.4 Å². The van der Waals surface area contributed by atoms with Crippen molar-refractivity contribution in [1.82, 2.24) is 18.7 Å². The third kappa shape index (κ3) is 5.77. The lowest BCUT2D eigenvalue weighted by atomic mass is 9.87. The second-order valence-corrected chi connectivity index (χ2v) is 9.55. The summed E-state index contributed by atoms with van der Waals surface area (Å²) in [6, 6.07) is 7.71. The topological polar surface area (TPSA) is 101 Å². The largest absolute Gasteiger partial charge is 0.491 e. The average Bonchev–Trinajstić information content (AvgIpc) is 3.22. The molecular weight excluding hydrogens is 436 g/mol. The summed E-state index contributed by atoms with van der Waals surface area (Å²) in [5.74, 6) is 0.618. The number of benzene rings is 1. The van der Waals surface area contributed by atoms with Gasteiger partial charge in [0.05, 0.1) is 19.5 Å². The molecule has 0 fully saturated rings. The summed E-state index contributed by atoms with van der Waals surface area (Å²) < 4.78 is 15.2. The Morgan fingerprint density at radius 3 is 2.41 bits per heavy atom. The van der Waals surface area contributed by atoms with E-state index >= 15 is 0 Å². The van der Waals surface area contributed by atoms with Crippen molar-refractivity contribution >= 4 is 11.2 Å². The molecule has 9 nitrogen and oxygen atoms in total. The minimum atomic E-state index is -1.04. The molecule has 0 amide bonds. The van der Waals surface area contributed by atoms with Crippen molar-refractivity contribution in [3.8, 4) is 5.75 Å². The van der Waals surface area contributed by atoms with Crippen LogP contribution in [0.5, 0.6) is 5.75 Å². The fourth-order valence-electron chi connectivity index (χ4n) is 3.78. The zero-order chi connectivity index (χ0) is 24.9. The van der Waals surface area contributed by atoms with Gasteiger partial charge in [-0.2, -0.15) is 0 Å². The molecule has 3 rings (SSSR count). The smallest absolute Gasteiger partial charge is 0.332 e. The second-order valence-electron chi connectivity index (χ2n) is 9.55. The van der Waals surface area contributed by atoms with Crippen LogP contribution in [0.2, 0.25) is 0 Å². The first kappa shape index (κ1) is 25.7. The van der Waals surface area contributed by atoms with Gasteiger partial charge in [-0.3, -0.25) is 13.9 Å². The molecule has 0 aliphatic rings. The van der Waals surface area contributed by atoms with Crippen molar-refractivity contribution in [3.05, 3.63) is 57.0 Å². The molecule has 9 heteroatoms. The molecule has 186 valence electrons. The molecule has 0 saturated heterocycles. The van der Waals surface area contributed by atoms with Crippen molar-refractivity contribution < 1.29 is 14.6 Å². The van der Waals surface area contributed by atoms with E-state index in [1.165, 1.54) is 10.1 Å².